The number of nitrogens with one attached hydrogen (secondary N) is 1. The Labute approximate surface area is 109 Å². The van der Waals surface area contributed by atoms with Crippen LogP contribution in [0.1, 0.15) is 17.4 Å². The quantitative estimate of drug-likeness (QED) is 0.907. The predicted molar refractivity (Wildman–Crippen MR) is 69.6 cm³/mol. The summed E-state index contributed by atoms with van der Waals surface area (Å²) in [5, 5.41) is 0.480. The number of H-pyrrole nitrogens is 1. The van der Waals surface area contributed by atoms with Crippen LogP contribution in [-0.2, 0) is 0 Å². The standard InChI is InChI=1S/C13H12ClFN2O/c1-2-17(11-5-3-10(15)4-6-11)13(18)12-7-9(14)8-16-12/h3-8,16H,2H2,1H3. The zero-order valence-corrected chi connectivity index (χ0v) is 10.5. The normalized spacial score (nSPS) is 10.4. The average molecular weight is 267 g/mol. The topological polar surface area (TPSA) is 36.1 Å². The van der Waals surface area contributed by atoms with E-state index in [-0.39, 0.29) is 11.7 Å². The number of carbonyl (C=O) groups is 1. The van der Waals surface area contributed by atoms with Gasteiger partial charge in [0.1, 0.15) is 11.5 Å². The molecule has 1 N–H and O–H groups in total. The Morgan fingerprint density at radius 3 is 2.56 bits per heavy atom. The van der Waals surface area contributed by atoms with Gasteiger partial charge in [-0.1, -0.05) is 11.6 Å². The summed E-state index contributed by atoms with van der Waals surface area (Å²) < 4.78 is 12.9. The van der Waals surface area contributed by atoms with E-state index >= 15 is 0 Å². The fraction of sp³-hybridized carbons (Fsp3) is 0.154. The Hall–Kier alpha value is -1.81. The van der Waals surface area contributed by atoms with Gasteiger partial charge in [-0.3, -0.25) is 4.79 Å². The molecule has 0 radical (unpaired) electrons. The maximum absolute atomic E-state index is 12.9. The lowest BCUT2D eigenvalue weighted by Gasteiger charge is -2.20. The van der Waals surface area contributed by atoms with Crippen LogP contribution in [0.25, 0.3) is 0 Å². The van der Waals surface area contributed by atoms with Gasteiger partial charge in [-0.05, 0) is 37.3 Å². The van der Waals surface area contributed by atoms with Crippen LogP contribution >= 0.6 is 11.6 Å². The molecule has 0 aliphatic rings. The number of carbonyl (C=O) groups excluding carboxylic acids is 1. The minimum Gasteiger partial charge on any atom is -0.356 e. The molecule has 5 heteroatoms. The summed E-state index contributed by atoms with van der Waals surface area (Å²) in [7, 11) is 0. The van der Waals surface area contributed by atoms with Crippen molar-refractivity contribution < 1.29 is 9.18 Å². The number of hydrogen-bond acceptors (Lipinski definition) is 1. The maximum atomic E-state index is 12.9. The van der Waals surface area contributed by atoms with Gasteiger partial charge in [-0.2, -0.15) is 0 Å². The highest BCUT2D eigenvalue weighted by atomic mass is 35.5. The molecule has 3 nitrogen and oxygen atoms in total. The van der Waals surface area contributed by atoms with Gasteiger partial charge in [-0.25, -0.2) is 4.39 Å². The lowest BCUT2D eigenvalue weighted by molar-refractivity contribution is 0.0984. The van der Waals surface area contributed by atoms with Gasteiger partial charge in [0.15, 0.2) is 0 Å². The Bertz CT molecular complexity index is 550. The molecule has 18 heavy (non-hydrogen) atoms. The number of anilines is 1. The number of hydrogen-bond donors (Lipinski definition) is 1. The van der Waals surface area contributed by atoms with Crippen molar-refractivity contribution in [1.82, 2.24) is 4.98 Å². The highest BCUT2D eigenvalue weighted by Crippen LogP contribution is 2.18. The second-order valence-corrected chi connectivity index (χ2v) is 4.19. The first-order valence-electron chi connectivity index (χ1n) is 5.53. The molecule has 0 aliphatic carbocycles. The van der Waals surface area contributed by atoms with E-state index in [0.29, 0.717) is 22.9 Å². The van der Waals surface area contributed by atoms with Crippen molar-refractivity contribution >= 4 is 23.2 Å². The monoisotopic (exact) mass is 266 g/mol. The Morgan fingerprint density at radius 1 is 1.39 bits per heavy atom. The smallest absolute Gasteiger partial charge is 0.274 e. The first-order chi connectivity index (χ1) is 8.61. The Morgan fingerprint density at radius 2 is 2.06 bits per heavy atom. The fourth-order valence-corrected chi connectivity index (χ4v) is 1.86. The molecule has 0 spiro atoms. The van der Waals surface area contributed by atoms with E-state index in [1.54, 1.807) is 29.3 Å². The van der Waals surface area contributed by atoms with E-state index in [2.05, 4.69) is 4.98 Å². The molecule has 1 amide bonds. The molecule has 1 aromatic heterocycles. The van der Waals surface area contributed by atoms with Crippen molar-refractivity contribution in [3.05, 3.63) is 53.1 Å². The van der Waals surface area contributed by atoms with Crippen LogP contribution in [0.4, 0.5) is 10.1 Å². The van der Waals surface area contributed by atoms with Gasteiger partial charge in [0.05, 0.1) is 5.02 Å². The van der Waals surface area contributed by atoms with E-state index in [1.807, 2.05) is 6.92 Å². The first-order valence-corrected chi connectivity index (χ1v) is 5.91. The predicted octanol–water partition coefficient (Wildman–Crippen LogP) is 3.47. The number of aromatic amines is 1. The summed E-state index contributed by atoms with van der Waals surface area (Å²) in [6.07, 6.45) is 1.55. The van der Waals surface area contributed by atoms with E-state index in [1.165, 1.54) is 12.1 Å². The minimum absolute atomic E-state index is 0.198. The van der Waals surface area contributed by atoms with Crippen LogP contribution in [0, 0.1) is 5.82 Å². The zero-order chi connectivity index (χ0) is 13.1. The molecule has 0 atom stereocenters. The van der Waals surface area contributed by atoms with Crippen LogP contribution < -0.4 is 4.90 Å². The third-order valence-electron chi connectivity index (χ3n) is 2.58. The van der Waals surface area contributed by atoms with Crippen molar-refractivity contribution in [2.24, 2.45) is 0 Å². The molecule has 2 rings (SSSR count). The highest BCUT2D eigenvalue weighted by Gasteiger charge is 2.17. The molecule has 2 aromatic rings. The van der Waals surface area contributed by atoms with Crippen LogP contribution in [0.2, 0.25) is 5.02 Å². The van der Waals surface area contributed by atoms with E-state index < -0.39 is 0 Å². The third-order valence-corrected chi connectivity index (χ3v) is 2.80. The average Bonchev–Trinajstić information content (AvgIpc) is 2.79. The molecule has 94 valence electrons. The Balaban J connectivity index is 2.28. The van der Waals surface area contributed by atoms with Crippen molar-refractivity contribution in [3.63, 3.8) is 0 Å². The van der Waals surface area contributed by atoms with Gasteiger partial charge < -0.3 is 9.88 Å². The van der Waals surface area contributed by atoms with Crippen molar-refractivity contribution in [1.29, 1.82) is 0 Å². The van der Waals surface area contributed by atoms with Crippen LogP contribution in [0.5, 0.6) is 0 Å². The van der Waals surface area contributed by atoms with Crippen LogP contribution in [0.3, 0.4) is 0 Å². The van der Waals surface area contributed by atoms with Crippen molar-refractivity contribution in [2.75, 3.05) is 11.4 Å². The molecule has 0 bridgehead atoms. The summed E-state index contributed by atoms with van der Waals surface area (Å²) in [6.45, 7) is 2.34. The maximum Gasteiger partial charge on any atom is 0.274 e. The molecule has 0 unspecified atom stereocenters. The summed E-state index contributed by atoms with van der Waals surface area (Å²) in [4.78, 5) is 16.6. The van der Waals surface area contributed by atoms with Crippen LogP contribution in [0.15, 0.2) is 36.5 Å². The van der Waals surface area contributed by atoms with E-state index in [0.717, 1.165) is 0 Å². The number of benzene rings is 1. The molecule has 0 aliphatic heterocycles. The summed E-state index contributed by atoms with van der Waals surface area (Å²) in [6, 6.07) is 7.36. The second kappa shape index (κ2) is 5.23. The summed E-state index contributed by atoms with van der Waals surface area (Å²) >= 11 is 5.77. The molecule has 0 fully saturated rings. The SMILES string of the molecule is CCN(C(=O)c1cc(Cl)c[nH]1)c1ccc(F)cc1. The summed E-state index contributed by atoms with van der Waals surface area (Å²) in [5.41, 5.74) is 1.06. The van der Waals surface area contributed by atoms with E-state index in [9.17, 15) is 9.18 Å². The number of amides is 1. The van der Waals surface area contributed by atoms with Gasteiger partial charge >= 0.3 is 0 Å². The largest absolute Gasteiger partial charge is 0.356 e. The molecular weight excluding hydrogens is 255 g/mol. The number of nitrogens with zero attached hydrogens (tertiary/aromatic N) is 1. The van der Waals surface area contributed by atoms with E-state index in [4.69, 9.17) is 11.6 Å². The number of aromatic nitrogens is 1. The highest BCUT2D eigenvalue weighted by molar-refractivity contribution is 6.31. The third kappa shape index (κ3) is 2.54. The first kappa shape index (κ1) is 12.6. The molecule has 0 saturated heterocycles. The fourth-order valence-electron chi connectivity index (χ4n) is 1.70. The van der Waals surface area contributed by atoms with Crippen LogP contribution in [-0.4, -0.2) is 17.4 Å². The van der Waals surface area contributed by atoms with Crippen molar-refractivity contribution in [2.45, 2.75) is 6.92 Å². The van der Waals surface area contributed by atoms with Gasteiger partial charge in [0, 0.05) is 18.4 Å². The Kier molecular flexibility index (Phi) is 3.67. The lowest BCUT2D eigenvalue weighted by atomic mass is 10.2. The number of halogens is 2. The zero-order valence-electron chi connectivity index (χ0n) is 9.78. The molecule has 1 aromatic carbocycles. The molecule has 0 saturated carbocycles. The second-order valence-electron chi connectivity index (χ2n) is 3.76. The van der Waals surface area contributed by atoms with Gasteiger partial charge in [-0.15, -0.1) is 0 Å². The molecule has 1 heterocycles. The van der Waals surface area contributed by atoms with Gasteiger partial charge in [0.25, 0.3) is 5.91 Å². The summed E-state index contributed by atoms with van der Waals surface area (Å²) in [5.74, 6) is -0.527. The minimum atomic E-state index is -0.329. The lowest BCUT2D eigenvalue weighted by Crippen LogP contribution is -2.30. The van der Waals surface area contributed by atoms with Gasteiger partial charge in [0.2, 0.25) is 0 Å². The van der Waals surface area contributed by atoms with Crippen molar-refractivity contribution in [3.8, 4) is 0 Å². The number of rotatable bonds is 3. The molecular formula is C13H12ClFN2O.